The van der Waals surface area contributed by atoms with Crippen LogP contribution in [0.3, 0.4) is 0 Å². The van der Waals surface area contributed by atoms with E-state index < -0.39 is 0 Å². The van der Waals surface area contributed by atoms with Gasteiger partial charge in [0, 0.05) is 16.5 Å². The number of hydrogen-bond donors (Lipinski definition) is 0. The van der Waals surface area contributed by atoms with Crippen molar-refractivity contribution in [2.45, 2.75) is 0 Å². The SMILES string of the molecule is Cl.Cl.O=Cc1c2ccccc2c(C=O)c2c1ccc1ccccc12. The van der Waals surface area contributed by atoms with E-state index in [9.17, 15) is 9.59 Å². The maximum atomic E-state index is 11.8. The molecule has 4 heteroatoms. The van der Waals surface area contributed by atoms with Crippen LogP contribution in [0.1, 0.15) is 20.7 Å². The average molecular weight is 357 g/mol. The van der Waals surface area contributed by atoms with Crippen molar-refractivity contribution in [2.24, 2.45) is 0 Å². The molecule has 0 fully saturated rings. The molecule has 0 bridgehead atoms. The van der Waals surface area contributed by atoms with Crippen LogP contribution in [0, 0.1) is 0 Å². The van der Waals surface area contributed by atoms with Crippen LogP contribution in [0.15, 0.2) is 60.7 Å². The average Bonchev–Trinajstić information content (AvgIpc) is 2.59. The third kappa shape index (κ3) is 2.44. The first kappa shape index (κ1) is 17.9. The monoisotopic (exact) mass is 356 g/mol. The molecular formula is C20H14Cl2O2. The van der Waals surface area contributed by atoms with E-state index in [0.29, 0.717) is 11.1 Å². The minimum atomic E-state index is 0. The maximum Gasteiger partial charge on any atom is 0.151 e. The van der Waals surface area contributed by atoms with Crippen molar-refractivity contribution in [1.29, 1.82) is 0 Å². The van der Waals surface area contributed by atoms with Gasteiger partial charge in [-0.15, -0.1) is 24.8 Å². The van der Waals surface area contributed by atoms with Crippen LogP contribution < -0.4 is 0 Å². The summed E-state index contributed by atoms with van der Waals surface area (Å²) in [7, 11) is 0. The molecule has 0 aromatic heterocycles. The molecule has 4 rings (SSSR count). The smallest absolute Gasteiger partial charge is 0.151 e. The number of rotatable bonds is 2. The number of hydrogen-bond acceptors (Lipinski definition) is 2. The maximum absolute atomic E-state index is 11.8. The summed E-state index contributed by atoms with van der Waals surface area (Å²) in [6.07, 6.45) is 1.78. The molecule has 0 aliphatic rings. The molecule has 0 aliphatic carbocycles. The summed E-state index contributed by atoms with van der Waals surface area (Å²) in [5, 5.41) is 5.38. The zero-order chi connectivity index (χ0) is 15.1. The van der Waals surface area contributed by atoms with Crippen molar-refractivity contribution in [3.05, 3.63) is 71.8 Å². The fraction of sp³-hybridized carbons (Fsp3) is 0. The van der Waals surface area contributed by atoms with Crippen molar-refractivity contribution in [2.75, 3.05) is 0 Å². The van der Waals surface area contributed by atoms with E-state index in [-0.39, 0.29) is 24.8 Å². The van der Waals surface area contributed by atoms with E-state index in [1.54, 1.807) is 0 Å². The summed E-state index contributed by atoms with van der Waals surface area (Å²) >= 11 is 0. The molecule has 0 atom stereocenters. The predicted octanol–water partition coefficient (Wildman–Crippen LogP) is 5.61. The molecule has 0 radical (unpaired) electrons. The number of benzene rings is 4. The van der Waals surface area contributed by atoms with E-state index >= 15 is 0 Å². The molecule has 0 amide bonds. The molecule has 0 saturated heterocycles. The summed E-state index contributed by atoms with van der Waals surface area (Å²) in [6, 6.07) is 19.4. The van der Waals surface area contributed by atoms with Crippen LogP contribution in [0.2, 0.25) is 0 Å². The van der Waals surface area contributed by atoms with Crippen LogP contribution in [0.25, 0.3) is 32.3 Å². The van der Waals surface area contributed by atoms with Gasteiger partial charge < -0.3 is 0 Å². The lowest BCUT2D eigenvalue weighted by atomic mass is 9.90. The Morgan fingerprint density at radius 1 is 0.542 bits per heavy atom. The molecule has 4 aromatic rings. The Kier molecular flexibility index (Phi) is 5.23. The predicted molar refractivity (Wildman–Crippen MR) is 104 cm³/mol. The molecule has 0 N–H and O–H groups in total. The summed E-state index contributed by atoms with van der Waals surface area (Å²) in [5.41, 5.74) is 1.29. The highest BCUT2D eigenvalue weighted by Gasteiger charge is 2.14. The Morgan fingerprint density at radius 3 is 1.71 bits per heavy atom. The van der Waals surface area contributed by atoms with Gasteiger partial charge in [0.05, 0.1) is 0 Å². The molecule has 24 heavy (non-hydrogen) atoms. The third-order valence-electron chi connectivity index (χ3n) is 4.23. The minimum absolute atomic E-state index is 0. The zero-order valence-electron chi connectivity index (χ0n) is 12.6. The lowest BCUT2D eigenvalue weighted by Gasteiger charge is -2.12. The van der Waals surface area contributed by atoms with Crippen LogP contribution in [-0.2, 0) is 0 Å². The Balaban J connectivity index is 0.00000104. The van der Waals surface area contributed by atoms with Gasteiger partial charge in [-0.1, -0.05) is 60.7 Å². The number of halogens is 2. The van der Waals surface area contributed by atoms with Crippen molar-refractivity contribution in [1.82, 2.24) is 0 Å². The van der Waals surface area contributed by atoms with E-state index in [1.165, 1.54) is 0 Å². The van der Waals surface area contributed by atoms with Crippen LogP contribution >= 0.6 is 24.8 Å². The zero-order valence-corrected chi connectivity index (χ0v) is 14.2. The van der Waals surface area contributed by atoms with Gasteiger partial charge >= 0.3 is 0 Å². The highest BCUT2D eigenvalue weighted by molar-refractivity contribution is 6.26. The van der Waals surface area contributed by atoms with Crippen molar-refractivity contribution in [3.8, 4) is 0 Å². The summed E-state index contributed by atoms with van der Waals surface area (Å²) in [5.74, 6) is 0. The molecular weight excluding hydrogens is 343 g/mol. The summed E-state index contributed by atoms with van der Waals surface area (Å²) in [6.45, 7) is 0. The summed E-state index contributed by atoms with van der Waals surface area (Å²) < 4.78 is 0. The highest BCUT2D eigenvalue weighted by atomic mass is 35.5. The molecule has 2 nitrogen and oxygen atoms in total. The number of aldehydes is 2. The van der Waals surface area contributed by atoms with Gasteiger partial charge in [-0.3, -0.25) is 9.59 Å². The molecule has 0 spiro atoms. The van der Waals surface area contributed by atoms with E-state index in [2.05, 4.69) is 0 Å². The largest absolute Gasteiger partial charge is 0.298 e. The van der Waals surface area contributed by atoms with Crippen molar-refractivity contribution in [3.63, 3.8) is 0 Å². The van der Waals surface area contributed by atoms with E-state index in [1.807, 2.05) is 60.7 Å². The van der Waals surface area contributed by atoms with Gasteiger partial charge in [-0.2, -0.15) is 0 Å². The second-order valence-corrected chi connectivity index (χ2v) is 5.32. The molecule has 0 heterocycles. The minimum Gasteiger partial charge on any atom is -0.298 e. The molecule has 0 unspecified atom stereocenters. The molecule has 120 valence electrons. The molecule has 0 aliphatic heterocycles. The number of carbonyl (C=O) groups is 2. The van der Waals surface area contributed by atoms with Gasteiger partial charge in [0.1, 0.15) is 0 Å². The highest BCUT2D eigenvalue weighted by Crippen LogP contribution is 2.35. The van der Waals surface area contributed by atoms with Crippen molar-refractivity contribution < 1.29 is 9.59 Å². The number of carbonyl (C=O) groups excluding carboxylic acids is 2. The van der Waals surface area contributed by atoms with Gasteiger partial charge in [0.25, 0.3) is 0 Å². The van der Waals surface area contributed by atoms with Gasteiger partial charge in [0.2, 0.25) is 0 Å². The Bertz CT molecular complexity index is 1070. The van der Waals surface area contributed by atoms with Gasteiger partial charge in [0.15, 0.2) is 12.6 Å². The van der Waals surface area contributed by atoms with Crippen LogP contribution in [0.5, 0.6) is 0 Å². The lowest BCUT2D eigenvalue weighted by Crippen LogP contribution is -1.94. The standard InChI is InChI=1S/C20H12O2.2ClH/c21-11-18-15-7-3-4-8-16(15)19(12-22)20-14-6-2-1-5-13(14)9-10-17(18)20;;/h1-12H;2*1H. The van der Waals surface area contributed by atoms with Crippen LogP contribution in [-0.4, -0.2) is 12.6 Å². The van der Waals surface area contributed by atoms with Gasteiger partial charge in [-0.25, -0.2) is 0 Å². The lowest BCUT2D eigenvalue weighted by molar-refractivity contribution is 0.111. The Labute approximate surface area is 151 Å². The van der Waals surface area contributed by atoms with E-state index in [0.717, 1.165) is 44.9 Å². The Hall–Kier alpha value is -2.42. The first-order valence-electron chi connectivity index (χ1n) is 7.11. The van der Waals surface area contributed by atoms with E-state index in [4.69, 9.17) is 0 Å². The second-order valence-electron chi connectivity index (χ2n) is 5.32. The fourth-order valence-electron chi connectivity index (χ4n) is 3.27. The van der Waals surface area contributed by atoms with Gasteiger partial charge in [-0.05, 0) is 26.9 Å². The first-order valence-corrected chi connectivity index (χ1v) is 7.11. The topological polar surface area (TPSA) is 34.1 Å². The Morgan fingerprint density at radius 2 is 1.08 bits per heavy atom. The molecule has 4 aromatic carbocycles. The first-order chi connectivity index (χ1) is 10.8. The second kappa shape index (κ2) is 7.00. The van der Waals surface area contributed by atoms with Crippen molar-refractivity contribution >= 4 is 69.7 Å². The van der Waals surface area contributed by atoms with Crippen LogP contribution in [0.4, 0.5) is 0 Å². The fourth-order valence-corrected chi connectivity index (χ4v) is 3.27. The summed E-state index contributed by atoms with van der Waals surface area (Å²) in [4.78, 5) is 23.5. The third-order valence-corrected chi connectivity index (χ3v) is 4.23. The normalized spacial score (nSPS) is 10.2. The quantitative estimate of drug-likeness (QED) is 0.265. The molecule has 0 saturated carbocycles. The number of fused-ring (bicyclic) bond motifs is 4.